The van der Waals surface area contributed by atoms with Crippen molar-refractivity contribution in [1.29, 1.82) is 0 Å². The lowest BCUT2D eigenvalue weighted by atomic mass is 10.1. The molecule has 1 nitrogen and oxygen atoms in total. The number of aryl methyl sites for hydroxylation is 3. The summed E-state index contributed by atoms with van der Waals surface area (Å²) in [7, 11) is 0. The van der Waals surface area contributed by atoms with Gasteiger partial charge in [0.05, 0.1) is 0 Å². The highest BCUT2D eigenvalue weighted by atomic mass is 14.7. The van der Waals surface area contributed by atoms with Crippen molar-refractivity contribution in [1.82, 2.24) is 4.98 Å². The van der Waals surface area contributed by atoms with Crippen LogP contribution in [0.15, 0.2) is 24.3 Å². The van der Waals surface area contributed by atoms with Gasteiger partial charge in [-0.15, -0.1) is 0 Å². The smallest absolute Gasteiger partial charge is 0.0454 e. The van der Waals surface area contributed by atoms with Gasteiger partial charge in [-0.25, -0.2) is 0 Å². The predicted octanol–water partition coefficient (Wildman–Crippen LogP) is 3.16. The maximum Gasteiger partial charge on any atom is 0.0454 e. The van der Waals surface area contributed by atoms with Crippen LogP contribution in [0.25, 0.3) is 10.8 Å². The zero-order chi connectivity index (χ0) is 9.42. The SMILES string of the molecule is Cc1ccc2c(C)nc(C)cc2c1. The van der Waals surface area contributed by atoms with Gasteiger partial charge in [0.2, 0.25) is 0 Å². The van der Waals surface area contributed by atoms with E-state index < -0.39 is 0 Å². The average Bonchev–Trinajstić information content (AvgIpc) is 2.02. The first-order chi connectivity index (χ1) is 6.16. The van der Waals surface area contributed by atoms with Gasteiger partial charge < -0.3 is 0 Å². The lowest BCUT2D eigenvalue weighted by Gasteiger charge is -2.03. The van der Waals surface area contributed by atoms with Crippen LogP contribution in [0.5, 0.6) is 0 Å². The Bertz CT molecular complexity index is 453. The van der Waals surface area contributed by atoms with Crippen LogP contribution in [-0.4, -0.2) is 4.98 Å². The van der Waals surface area contributed by atoms with Gasteiger partial charge in [0.25, 0.3) is 0 Å². The van der Waals surface area contributed by atoms with Gasteiger partial charge in [-0.3, -0.25) is 4.98 Å². The van der Waals surface area contributed by atoms with Gasteiger partial charge in [0.1, 0.15) is 0 Å². The van der Waals surface area contributed by atoms with Gasteiger partial charge in [0, 0.05) is 16.8 Å². The van der Waals surface area contributed by atoms with Crippen molar-refractivity contribution < 1.29 is 0 Å². The molecule has 0 radical (unpaired) electrons. The highest BCUT2D eigenvalue weighted by molar-refractivity contribution is 5.85. The van der Waals surface area contributed by atoms with E-state index >= 15 is 0 Å². The molecule has 13 heavy (non-hydrogen) atoms. The fourth-order valence-corrected chi connectivity index (χ4v) is 1.71. The first kappa shape index (κ1) is 8.24. The van der Waals surface area contributed by atoms with E-state index in [2.05, 4.69) is 43.1 Å². The normalized spacial score (nSPS) is 10.7. The van der Waals surface area contributed by atoms with Crippen LogP contribution < -0.4 is 0 Å². The van der Waals surface area contributed by atoms with E-state index in [1.54, 1.807) is 0 Å². The molecule has 1 heteroatoms. The fourth-order valence-electron chi connectivity index (χ4n) is 1.71. The van der Waals surface area contributed by atoms with Crippen molar-refractivity contribution in [3.05, 3.63) is 41.2 Å². The second-order valence-corrected chi connectivity index (χ2v) is 3.57. The van der Waals surface area contributed by atoms with Crippen molar-refractivity contribution in [2.75, 3.05) is 0 Å². The van der Waals surface area contributed by atoms with E-state index in [-0.39, 0.29) is 0 Å². The maximum atomic E-state index is 4.43. The molecule has 0 N–H and O–H groups in total. The number of benzene rings is 1. The number of fused-ring (bicyclic) bond motifs is 1. The molecule has 0 aliphatic rings. The molecule has 0 bridgehead atoms. The monoisotopic (exact) mass is 171 g/mol. The number of hydrogen-bond donors (Lipinski definition) is 0. The van der Waals surface area contributed by atoms with Crippen molar-refractivity contribution in [2.24, 2.45) is 0 Å². The first-order valence-corrected chi connectivity index (χ1v) is 4.51. The van der Waals surface area contributed by atoms with Crippen LogP contribution in [-0.2, 0) is 0 Å². The van der Waals surface area contributed by atoms with Gasteiger partial charge in [-0.2, -0.15) is 0 Å². The molecule has 0 aliphatic carbocycles. The quantitative estimate of drug-likeness (QED) is 0.593. The van der Waals surface area contributed by atoms with E-state index in [0.717, 1.165) is 11.4 Å². The van der Waals surface area contributed by atoms with Crippen molar-refractivity contribution in [3.63, 3.8) is 0 Å². The molecule has 0 fully saturated rings. The Labute approximate surface area is 78.4 Å². The molecular weight excluding hydrogens is 158 g/mol. The average molecular weight is 171 g/mol. The fraction of sp³-hybridized carbons (Fsp3) is 0.250. The second-order valence-electron chi connectivity index (χ2n) is 3.57. The Morgan fingerprint density at radius 3 is 2.54 bits per heavy atom. The molecule has 2 rings (SSSR count). The lowest BCUT2D eigenvalue weighted by molar-refractivity contribution is 1.15. The Balaban J connectivity index is 2.86. The summed E-state index contributed by atoms with van der Waals surface area (Å²) in [6, 6.07) is 8.62. The standard InChI is InChI=1S/C12H13N/c1-8-4-5-12-10(3)13-9(2)7-11(12)6-8/h4-7H,1-3H3. The van der Waals surface area contributed by atoms with Crippen molar-refractivity contribution in [2.45, 2.75) is 20.8 Å². The minimum absolute atomic E-state index is 1.09. The molecule has 0 aliphatic heterocycles. The third kappa shape index (κ3) is 1.42. The molecule has 1 heterocycles. The zero-order valence-electron chi connectivity index (χ0n) is 8.26. The van der Waals surface area contributed by atoms with E-state index in [4.69, 9.17) is 0 Å². The summed E-state index contributed by atoms with van der Waals surface area (Å²) in [5.41, 5.74) is 3.52. The third-order valence-corrected chi connectivity index (χ3v) is 2.31. The Morgan fingerprint density at radius 1 is 1.00 bits per heavy atom. The van der Waals surface area contributed by atoms with E-state index in [1.165, 1.54) is 16.3 Å². The summed E-state index contributed by atoms with van der Waals surface area (Å²) >= 11 is 0. The Morgan fingerprint density at radius 2 is 1.77 bits per heavy atom. The summed E-state index contributed by atoms with van der Waals surface area (Å²) in [4.78, 5) is 4.43. The summed E-state index contributed by atoms with van der Waals surface area (Å²) < 4.78 is 0. The first-order valence-electron chi connectivity index (χ1n) is 4.51. The zero-order valence-corrected chi connectivity index (χ0v) is 8.26. The van der Waals surface area contributed by atoms with Crippen LogP contribution >= 0.6 is 0 Å². The molecule has 2 aromatic rings. The van der Waals surface area contributed by atoms with Gasteiger partial charge >= 0.3 is 0 Å². The summed E-state index contributed by atoms with van der Waals surface area (Å²) in [6.07, 6.45) is 0. The maximum absolute atomic E-state index is 4.43. The molecule has 0 spiro atoms. The van der Waals surface area contributed by atoms with Crippen LogP contribution in [0.1, 0.15) is 17.0 Å². The Hall–Kier alpha value is -1.37. The van der Waals surface area contributed by atoms with Crippen molar-refractivity contribution >= 4 is 10.8 Å². The van der Waals surface area contributed by atoms with E-state index in [9.17, 15) is 0 Å². The van der Waals surface area contributed by atoms with Crippen LogP contribution in [0.3, 0.4) is 0 Å². The van der Waals surface area contributed by atoms with Gasteiger partial charge in [0.15, 0.2) is 0 Å². The topological polar surface area (TPSA) is 12.9 Å². The Kier molecular flexibility index (Phi) is 1.80. The number of hydrogen-bond acceptors (Lipinski definition) is 1. The molecule has 1 aromatic carbocycles. The van der Waals surface area contributed by atoms with E-state index in [0.29, 0.717) is 0 Å². The highest BCUT2D eigenvalue weighted by Crippen LogP contribution is 2.18. The van der Waals surface area contributed by atoms with Crippen LogP contribution in [0.4, 0.5) is 0 Å². The highest BCUT2D eigenvalue weighted by Gasteiger charge is 1.99. The van der Waals surface area contributed by atoms with Gasteiger partial charge in [-0.05, 0) is 32.2 Å². The molecule has 0 amide bonds. The third-order valence-electron chi connectivity index (χ3n) is 2.31. The molecule has 0 atom stereocenters. The lowest BCUT2D eigenvalue weighted by Crippen LogP contribution is -1.88. The molecular formula is C12H13N. The predicted molar refractivity (Wildman–Crippen MR) is 56.0 cm³/mol. The summed E-state index contributed by atoms with van der Waals surface area (Å²) in [5, 5.41) is 2.56. The largest absolute Gasteiger partial charge is 0.258 e. The van der Waals surface area contributed by atoms with Crippen LogP contribution in [0, 0.1) is 20.8 Å². The van der Waals surface area contributed by atoms with Crippen LogP contribution in [0.2, 0.25) is 0 Å². The minimum atomic E-state index is 1.09. The number of rotatable bonds is 0. The summed E-state index contributed by atoms with van der Waals surface area (Å²) in [5.74, 6) is 0. The summed E-state index contributed by atoms with van der Waals surface area (Å²) in [6.45, 7) is 6.21. The molecule has 0 unspecified atom stereocenters. The second kappa shape index (κ2) is 2.84. The molecule has 66 valence electrons. The molecule has 0 saturated heterocycles. The van der Waals surface area contributed by atoms with Gasteiger partial charge in [-0.1, -0.05) is 23.8 Å². The number of aromatic nitrogens is 1. The molecule has 1 aromatic heterocycles. The van der Waals surface area contributed by atoms with E-state index in [1.807, 2.05) is 6.92 Å². The number of pyridine rings is 1. The molecule has 0 saturated carbocycles. The minimum Gasteiger partial charge on any atom is -0.258 e. The number of nitrogens with zero attached hydrogens (tertiary/aromatic N) is 1. The van der Waals surface area contributed by atoms with Crippen molar-refractivity contribution in [3.8, 4) is 0 Å².